The molecular formula is C18H21N5O2. The highest BCUT2D eigenvalue weighted by Gasteiger charge is 2.26. The number of nitrogens with zero attached hydrogens (tertiary/aromatic N) is 5. The molecule has 3 heterocycles. The van der Waals surface area contributed by atoms with Crippen LogP contribution in [0.1, 0.15) is 18.7 Å². The van der Waals surface area contributed by atoms with E-state index in [0.717, 1.165) is 30.2 Å². The maximum absolute atomic E-state index is 5.43. The monoisotopic (exact) mass is 339 g/mol. The van der Waals surface area contributed by atoms with Gasteiger partial charge in [-0.25, -0.2) is 0 Å². The minimum atomic E-state index is 0.461. The number of hydrogen-bond acceptors (Lipinski definition) is 6. The molecule has 25 heavy (non-hydrogen) atoms. The van der Waals surface area contributed by atoms with Gasteiger partial charge in [-0.15, -0.1) is 0 Å². The van der Waals surface area contributed by atoms with Crippen molar-refractivity contribution in [1.29, 1.82) is 0 Å². The van der Waals surface area contributed by atoms with Crippen LogP contribution in [0, 0.1) is 0 Å². The first-order chi connectivity index (χ1) is 12.3. The van der Waals surface area contributed by atoms with Crippen molar-refractivity contribution in [2.75, 3.05) is 13.7 Å². The summed E-state index contributed by atoms with van der Waals surface area (Å²) in [6.45, 7) is 2.65. The molecule has 1 saturated heterocycles. The lowest BCUT2D eigenvalue weighted by atomic mass is 10.2. The Balaban J connectivity index is 1.43. The van der Waals surface area contributed by atoms with Gasteiger partial charge in [0.25, 0.3) is 5.89 Å². The van der Waals surface area contributed by atoms with Gasteiger partial charge < -0.3 is 9.26 Å². The minimum absolute atomic E-state index is 0.461. The Labute approximate surface area is 146 Å². The van der Waals surface area contributed by atoms with Crippen molar-refractivity contribution in [1.82, 2.24) is 24.8 Å². The molecule has 0 bridgehead atoms. The van der Waals surface area contributed by atoms with E-state index in [1.807, 2.05) is 47.4 Å². The van der Waals surface area contributed by atoms with Crippen LogP contribution in [0.3, 0.4) is 0 Å². The van der Waals surface area contributed by atoms with Crippen LogP contribution in [0.15, 0.2) is 47.2 Å². The zero-order valence-corrected chi connectivity index (χ0v) is 14.2. The van der Waals surface area contributed by atoms with Gasteiger partial charge >= 0.3 is 0 Å². The number of aromatic nitrogens is 4. The molecule has 0 unspecified atom stereocenters. The Bertz CT molecular complexity index is 797. The molecule has 0 radical (unpaired) electrons. The molecular weight excluding hydrogens is 318 g/mol. The Morgan fingerprint density at radius 1 is 1.28 bits per heavy atom. The molecule has 1 aliphatic rings. The molecule has 2 aromatic heterocycles. The lowest BCUT2D eigenvalue weighted by molar-refractivity contribution is 0.211. The third-order valence-corrected chi connectivity index (χ3v) is 4.61. The van der Waals surface area contributed by atoms with E-state index in [-0.39, 0.29) is 0 Å². The molecule has 1 aromatic carbocycles. The van der Waals surface area contributed by atoms with E-state index in [1.165, 1.54) is 12.8 Å². The number of ether oxygens (including phenoxy) is 1. The van der Waals surface area contributed by atoms with Crippen LogP contribution in [0.4, 0.5) is 0 Å². The Hall–Kier alpha value is -2.67. The van der Waals surface area contributed by atoms with E-state index < -0.39 is 0 Å². The number of benzene rings is 1. The average molecular weight is 339 g/mol. The molecule has 0 N–H and O–H groups in total. The van der Waals surface area contributed by atoms with Gasteiger partial charge in [0.2, 0.25) is 0 Å². The molecule has 0 saturated carbocycles. The average Bonchev–Trinajstić information content (AvgIpc) is 3.39. The third-order valence-electron chi connectivity index (χ3n) is 4.61. The van der Waals surface area contributed by atoms with Gasteiger partial charge in [0.15, 0.2) is 5.82 Å². The van der Waals surface area contributed by atoms with Crippen molar-refractivity contribution in [3.05, 3.63) is 48.5 Å². The van der Waals surface area contributed by atoms with Crippen molar-refractivity contribution in [2.45, 2.75) is 32.0 Å². The molecule has 1 aliphatic heterocycles. The van der Waals surface area contributed by atoms with Gasteiger partial charge in [-0.2, -0.15) is 10.1 Å². The van der Waals surface area contributed by atoms with Crippen LogP contribution in [0.25, 0.3) is 11.5 Å². The minimum Gasteiger partial charge on any atom is -0.497 e. The molecule has 0 aliphatic carbocycles. The largest absolute Gasteiger partial charge is 0.497 e. The van der Waals surface area contributed by atoms with Gasteiger partial charge in [-0.1, -0.05) is 5.16 Å². The fourth-order valence-electron chi connectivity index (χ4n) is 3.29. The van der Waals surface area contributed by atoms with Crippen molar-refractivity contribution in [3.8, 4) is 17.2 Å². The molecule has 4 rings (SSSR count). The Kier molecular flexibility index (Phi) is 4.47. The van der Waals surface area contributed by atoms with E-state index in [4.69, 9.17) is 9.26 Å². The second-order valence-corrected chi connectivity index (χ2v) is 6.24. The maximum Gasteiger partial charge on any atom is 0.257 e. The van der Waals surface area contributed by atoms with E-state index >= 15 is 0 Å². The summed E-state index contributed by atoms with van der Waals surface area (Å²) in [4.78, 5) is 6.96. The first-order valence-corrected chi connectivity index (χ1v) is 8.50. The summed E-state index contributed by atoms with van der Waals surface area (Å²) in [5.74, 6) is 2.07. The lowest BCUT2D eigenvalue weighted by Crippen LogP contribution is -2.33. The van der Waals surface area contributed by atoms with Crippen molar-refractivity contribution in [2.24, 2.45) is 0 Å². The Morgan fingerprint density at radius 3 is 2.92 bits per heavy atom. The summed E-state index contributed by atoms with van der Waals surface area (Å²) in [6, 6.07) is 10.0. The summed E-state index contributed by atoms with van der Waals surface area (Å²) >= 11 is 0. The first-order valence-electron chi connectivity index (χ1n) is 8.50. The molecule has 130 valence electrons. The molecule has 0 spiro atoms. The van der Waals surface area contributed by atoms with Gasteiger partial charge in [0.1, 0.15) is 5.75 Å². The van der Waals surface area contributed by atoms with E-state index in [0.29, 0.717) is 18.5 Å². The fraction of sp³-hybridized carbons (Fsp3) is 0.389. The molecule has 1 atom stereocenters. The third kappa shape index (κ3) is 3.56. The molecule has 3 aromatic rings. The highest BCUT2D eigenvalue weighted by Crippen LogP contribution is 2.23. The predicted molar refractivity (Wildman–Crippen MR) is 91.9 cm³/mol. The summed E-state index contributed by atoms with van der Waals surface area (Å²) in [5.41, 5.74) is 0.897. The summed E-state index contributed by atoms with van der Waals surface area (Å²) in [6.07, 6.45) is 6.18. The molecule has 1 fully saturated rings. The number of hydrogen-bond donors (Lipinski definition) is 0. The highest BCUT2D eigenvalue weighted by molar-refractivity contribution is 5.54. The van der Waals surface area contributed by atoms with Gasteiger partial charge in [0, 0.05) is 24.0 Å². The number of rotatable bonds is 6. The zero-order chi connectivity index (χ0) is 17.1. The molecule has 7 heteroatoms. The van der Waals surface area contributed by atoms with Crippen molar-refractivity contribution in [3.63, 3.8) is 0 Å². The smallest absolute Gasteiger partial charge is 0.257 e. The highest BCUT2D eigenvalue weighted by atomic mass is 16.5. The predicted octanol–water partition coefficient (Wildman–Crippen LogP) is 2.61. The van der Waals surface area contributed by atoms with Gasteiger partial charge in [-0.05, 0) is 49.7 Å². The zero-order valence-electron chi connectivity index (χ0n) is 14.2. The van der Waals surface area contributed by atoms with Crippen LogP contribution in [0.5, 0.6) is 5.75 Å². The normalized spacial score (nSPS) is 17.9. The number of methoxy groups -OCH3 is 1. The summed E-state index contributed by atoms with van der Waals surface area (Å²) in [7, 11) is 1.65. The lowest BCUT2D eigenvalue weighted by Gasteiger charge is -2.22. The number of likely N-dealkylation sites (tertiary alicyclic amines) is 1. The van der Waals surface area contributed by atoms with Gasteiger partial charge in [0.05, 0.1) is 20.2 Å². The van der Waals surface area contributed by atoms with E-state index in [2.05, 4.69) is 20.1 Å². The van der Waals surface area contributed by atoms with Crippen LogP contribution in [-0.2, 0) is 13.1 Å². The summed E-state index contributed by atoms with van der Waals surface area (Å²) in [5, 5.41) is 8.46. The van der Waals surface area contributed by atoms with Gasteiger partial charge in [-0.3, -0.25) is 9.58 Å². The molecule has 7 nitrogen and oxygen atoms in total. The summed E-state index contributed by atoms with van der Waals surface area (Å²) < 4.78 is 12.6. The van der Waals surface area contributed by atoms with Crippen molar-refractivity contribution >= 4 is 0 Å². The second kappa shape index (κ2) is 7.06. The second-order valence-electron chi connectivity index (χ2n) is 6.24. The topological polar surface area (TPSA) is 69.2 Å². The van der Waals surface area contributed by atoms with Crippen LogP contribution >= 0.6 is 0 Å². The SMILES string of the molecule is COc1ccc(-c2nc(CN3CCC[C@@H]3Cn3cccn3)no2)cc1. The maximum atomic E-state index is 5.43. The Morgan fingerprint density at radius 2 is 2.16 bits per heavy atom. The molecule has 0 amide bonds. The fourth-order valence-corrected chi connectivity index (χ4v) is 3.29. The van der Waals surface area contributed by atoms with E-state index in [9.17, 15) is 0 Å². The van der Waals surface area contributed by atoms with Crippen molar-refractivity contribution < 1.29 is 9.26 Å². The first kappa shape index (κ1) is 15.8. The van der Waals surface area contributed by atoms with Crippen LogP contribution in [0.2, 0.25) is 0 Å². The standard InChI is InChI=1S/C18H21N5O2/c1-24-16-7-5-14(6-8-16)18-20-17(21-25-18)13-22-10-2-4-15(22)12-23-11-3-9-19-23/h3,5-9,11,15H,2,4,10,12-13H2,1H3/t15-/m1/s1. The van der Waals surface area contributed by atoms with E-state index in [1.54, 1.807) is 7.11 Å². The van der Waals surface area contributed by atoms with Crippen LogP contribution < -0.4 is 4.74 Å². The van der Waals surface area contributed by atoms with Crippen LogP contribution in [-0.4, -0.2) is 44.5 Å². The quantitative estimate of drug-likeness (QED) is 0.687.